The maximum Gasteiger partial charge on any atom is 0.235 e. The molecule has 0 radical (unpaired) electrons. The van der Waals surface area contributed by atoms with Crippen molar-refractivity contribution in [1.29, 1.82) is 0 Å². The van der Waals surface area contributed by atoms with Gasteiger partial charge < -0.3 is 0 Å². The van der Waals surface area contributed by atoms with Gasteiger partial charge in [-0.25, -0.2) is 13.4 Å². The van der Waals surface area contributed by atoms with Crippen LogP contribution >= 0.6 is 27.5 Å². The maximum atomic E-state index is 11.6. The number of hydrogen-bond donors (Lipinski definition) is 1. The summed E-state index contributed by atoms with van der Waals surface area (Å²) in [6.45, 7) is 0. The Hall–Kier alpha value is -0.330. The van der Waals surface area contributed by atoms with E-state index < -0.39 is 10.0 Å². The van der Waals surface area contributed by atoms with E-state index in [-0.39, 0.29) is 10.4 Å². The molecule has 1 heterocycles. The zero-order chi connectivity index (χ0) is 11.1. The summed E-state index contributed by atoms with van der Waals surface area (Å²) in [7, 11) is -3.27. The largest absolute Gasteiger partial charge is 0.280 e. The Kier molecular flexibility index (Phi) is 2.92. The van der Waals surface area contributed by atoms with Crippen LogP contribution in [-0.4, -0.2) is 18.7 Å². The molecular weight excluding hydrogens is 304 g/mol. The van der Waals surface area contributed by atoms with E-state index in [9.17, 15) is 8.42 Å². The SMILES string of the molecule is O=S(=O)(Nc1cc(Br)cnc1Cl)C1CC1. The predicted molar refractivity (Wildman–Crippen MR) is 62.5 cm³/mol. The van der Waals surface area contributed by atoms with Gasteiger partial charge in [0.2, 0.25) is 10.0 Å². The first-order valence-electron chi connectivity index (χ1n) is 4.32. The lowest BCUT2D eigenvalue weighted by Crippen LogP contribution is -2.17. The van der Waals surface area contributed by atoms with Gasteiger partial charge in [0.05, 0.1) is 10.9 Å². The highest BCUT2D eigenvalue weighted by molar-refractivity contribution is 9.10. The van der Waals surface area contributed by atoms with Crippen LogP contribution < -0.4 is 4.72 Å². The highest BCUT2D eigenvalue weighted by Gasteiger charge is 2.36. The fourth-order valence-corrected chi connectivity index (χ4v) is 3.03. The lowest BCUT2D eigenvalue weighted by Gasteiger charge is -2.07. The zero-order valence-corrected chi connectivity index (χ0v) is 10.7. The molecule has 4 nitrogen and oxygen atoms in total. The molecular formula is C8H8BrClN2O2S. The first kappa shape index (κ1) is 11.2. The molecule has 0 aromatic carbocycles. The van der Waals surface area contributed by atoms with E-state index in [1.165, 1.54) is 6.20 Å². The van der Waals surface area contributed by atoms with Gasteiger partial charge in [0.15, 0.2) is 5.15 Å². The fourth-order valence-electron chi connectivity index (χ4n) is 1.11. The van der Waals surface area contributed by atoms with Crippen LogP contribution in [0.1, 0.15) is 12.8 Å². The van der Waals surface area contributed by atoms with Gasteiger partial charge in [0, 0.05) is 10.7 Å². The van der Waals surface area contributed by atoms with Gasteiger partial charge >= 0.3 is 0 Å². The molecule has 7 heteroatoms. The van der Waals surface area contributed by atoms with Gasteiger partial charge in [0.25, 0.3) is 0 Å². The quantitative estimate of drug-likeness (QED) is 0.872. The molecule has 0 saturated heterocycles. The molecule has 1 N–H and O–H groups in total. The summed E-state index contributed by atoms with van der Waals surface area (Å²) in [5, 5.41) is -0.116. The molecule has 1 saturated carbocycles. The first-order valence-corrected chi connectivity index (χ1v) is 7.03. The molecule has 1 aliphatic rings. The number of rotatable bonds is 3. The molecule has 0 spiro atoms. The number of nitrogens with zero attached hydrogens (tertiary/aromatic N) is 1. The molecule has 82 valence electrons. The minimum Gasteiger partial charge on any atom is -0.280 e. The Balaban J connectivity index is 2.27. The van der Waals surface area contributed by atoms with Gasteiger partial charge in [-0.1, -0.05) is 11.6 Å². The van der Waals surface area contributed by atoms with E-state index in [0.717, 1.165) is 0 Å². The van der Waals surface area contributed by atoms with Crippen molar-refractivity contribution in [3.63, 3.8) is 0 Å². The Morgan fingerprint density at radius 1 is 1.53 bits per heavy atom. The third kappa shape index (κ3) is 2.62. The van der Waals surface area contributed by atoms with Gasteiger partial charge in [-0.15, -0.1) is 0 Å². The number of pyridine rings is 1. The Morgan fingerprint density at radius 3 is 2.80 bits per heavy atom. The Morgan fingerprint density at radius 2 is 2.20 bits per heavy atom. The van der Waals surface area contributed by atoms with E-state index in [0.29, 0.717) is 23.0 Å². The topological polar surface area (TPSA) is 59.1 Å². The van der Waals surface area contributed by atoms with Gasteiger partial charge in [0.1, 0.15) is 0 Å². The minimum atomic E-state index is -3.27. The molecule has 1 aromatic heterocycles. The molecule has 0 amide bonds. The van der Waals surface area contributed by atoms with Crippen LogP contribution in [0.3, 0.4) is 0 Å². The van der Waals surface area contributed by atoms with Crippen molar-refractivity contribution >= 4 is 43.2 Å². The number of aromatic nitrogens is 1. The maximum absolute atomic E-state index is 11.6. The summed E-state index contributed by atoms with van der Waals surface area (Å²) in [4.78, 5) is 3.83. The third-order valence-electron chi connectivity index (χ3n) is 2.02. The van der Waals surface area contributed by atoms with Crippen LogP contribution in [0.25, 0.3) is 0 Å². The second-order valence-corrected chi connectivity index (χ2v) is 6.57. The molecule has 1 aromatic rings. The van der Waals surface area contributed by atoms with E-state index in [1.54, 1.807) is 6.07 Å². The van der Waals surface area contributed by atoms with Crippen molar-refractivity contribution in [2.45, 2.75) is 18.1 Å². The summed E-state index contributed by atoms with van der Waals surface area (Å²) in [6, 6.07) is 1.59. The molecule has 2 rings (SSSR count). The van der Waals surface area contributed by atoms with Crippen molar-refractivity contribution in [1.82, 2.24) is 4.98 Å². The molecule has 0 unspecified atom stereocenters. The van der Waals surface area contributed by atoms with Crippen molar-refractivity contribution in [2.75, 3.05) is 4.72 Å². The number of halogens is 2. The monoisotopic (exact) mass is 310 g/mol. The van der Waals surface area contributed by atoms with Gasteiger partial charge in [-0.3, -0.25) is 4.72 Å². The normalized spacial score (nSPS) is 16.4. The highest BCUT2D eigenvalue weighted by Crippen LogP contribution is 2.31. The molecule has 0 atom stereocenters. The standard InChI is InChI=1S/C8H8BrClN2O2S/c9-5-3-7(8(10)11-4-5)12-15(13,14)6-1-2-6/h3-4,6,12H,1-2H2. The van der Waals surface area contributed by atoms with Crippen molar-refractivity contribution in [3.8, 4) is 0 Å². The van der Waals surface area contributed by atoms with Crippen molar-refractivity contribution in [2.24, 2.45) is 0 Å². The molecule has 0 bridgehead atoms. The van der Waals surface area contributed by atoms with E-state index >= 15 is 0 Å². The second-order valence-electron chi connectivity index (χ2n) is 3.34. The summed E-state index contributed by atoms with van der Waals surface area (Å²) < 4.78 is 26.3. The molecule has 1 fully saturated rings. The first-order chi connectivity index (χ1) is 6.99. The summed E-state index contributed by atoms with van der Waals surface area (Å²) in [5.41, 5.74) is 0.318. The summed E-state index contributed by atoms with van der Waals surface area (Å²) in [6.07, 6.45) is 2.94. The molecule has 1 aliphatic carbocycles. The lowest BCUT2D eigenvalue weighted by atomic mass is 10.4. The lowest BCUT2D eigenvalue weighted by molar-refractivity contribution is 0.600. The van der Waals surface area contributed by atoms with E-state index in [1.807, 2.05) is 0 Å². The number of hydrogen-bond acceptors (Lipinski definition) is 3. The van der Waals surface area contributed by atoms with Crippen molar-refractivity contribution < 1.29 is 8.42 Å². The summed E-state index contributed by atoms with van der Waals surface area (Å²) in [5.74, 6) is 0. The van der Waals surface area contributed by atoms with Crippen LogP contribution in [0.5, 0.6) is 0 Å². The van der Waals surface area contributed by atoms with Crippen LogP contribution in [0.15, 0.2) is 16.7 Å². The van der Waals surface area contributed by atoms with E-state index in [2.05, 4.69) is 25.6 Å². The van der Waals surface area contributed by atoms with Crippen LogP contribution in [-0.2, 0) is 10.0 Å². The zero-order valence-electron chi connectivity index (χ0n) is 7.57. The Bertz CT molecular complexity index is 487. The van der Waals surface area contributed by atoms with Gasteiger partial charge in [-0.05, 0) is 34.8 Å². The van der Waals surface area contributed by atoms with Crippen molar-refractivity contribution in [3.05, 3.63) is 21.9 Å². The van der Waals surface area contributed by atoms with E-state index in [4.69, 9.17) is 11.6 Å². The highest BCUT2D eigenvalue weighted by atomic mass is 79.9. The van der Waals surface area contributed by atoms with Crippen LogP contribution in [0, 0.1) is 0 Å². The van der Waals surface area contributed by atoms with Crippen LogP contribution in [0.2, 0.25) is 5.15 Å². The number of nitrogens with one attached hydrogen (secondary N) is 1. The smallest absolute Gasteiger partial charge is 0.235 e. The van der Waals surface area contributed by atoms with Crippen LogP contribution in [0.4, 0.5) is 5.69 Å². The average molecular weight is 312 g/mol. The second kappa shape index (κ2) is 3.92. The predicted octanol–water partition coefficient (Wildman–Crippen LogP) is 2.40. The average Bonchev–Trinajstić information content (AvgIpc) is 2.93. The number of sulfonamides is 1. The molecule has 15 heavy (non-hydrogen) atoms. The fraction of sp³-hybridized carbons (Fsp3) is 0.375. The molecule has 0 aliphatic heterocycles. The Labute approximate surface area is 101 Å². The van der Waals surface area contributed by atoms with Gasteiger partial charge in [-0.2, -0.15) is 0 Å². The minimum absolute atomic E-state index is 0.155. The number of anilines is 1. The third-order valence-corrected chi connectivity index (χ3v) is 4.61. The summed E-state index contributed by atoms with van der Waals surface area (Å²) >= 11 is 8.97.